The quantitative estimate of drug-likeness (QED) is 0.634. The molecule has 1 aliphatic rings. The number of hydrogen-bond donors (Lipinski definition) is 1. The monoisotopic (exact) mass is 325 g/mol. The van der Waals surface area contributed by atoms with Gasteiger partial charge in [0.2, 0.25) is 0 Å². The molecule has 0 saturated carbocycles. The van der Waals surface area contributed by atoms with Gasteiger partial charge in [0.1, 0.15) is 0 Å². The van der Waals surface area contributed by atoms with E-state index in [9.17, 15) is 8.42 Å². The average molecular weight is 325 g/mol. The van der Waals surface area contributed by atoms with Crippen LogP contribution in [0.1, 0.15) is 12.5 Å². The molecule has 0 amide bonds. The molecule has 1 fully saturated rings. The number of sulfone groups is 1. The number of ether oxygens (including phenoxy) is 1. The fourth-order valence-electron chi connectivity index (χ4n) is 2.33. The summed E-state index contributed by atoms with van der Waals surface area (Å²) in [6.45, 7) is 4.16. The number of morpholine rings is 1. The Morgan fingerprint density at radius 3 is 2.82 bits per heavy atom. The van der Waals surface area contributed by atoms with E-state index in [1.54, 1.807) is 0 Å². The summed E-state index contributed by atoms with van der Waals surface area (Å²) in [5.41, 5.74) is 6.71. The lowest BCUT2D eigenvalue weighted by Crippen LogP contribution is -2.48. The zero-order valence-electron chi connectivity index (χ0n) is 12.8. The van der Waals surface area contributed by atoms with Crippen LogP contribution in [0.2, 0.25) is 0 Å². The molecular formula is C15H23N3O3S. The van der Waals surface area contributed by atoms with E-state index in [1.807, 2.05) is 42.2 Å². The van der Waals surface area contributed by atoms with Crippen molar-refractivity contribution < 1.29 is 13.2 Å². The van der Waals surface area contributed by atoms with Crippen LogP contribution >= 0.6 is 0 Å². The SMILES string of the molecule is CC1CN(C(N)=NCCS(=O)(=O)Cc2ccccc2)CCO1. The molecular weight excluding hydrogens is 302 g/mol. The first-order chi connectivity index (χ1) is 10.5. The van der Waals surface area contributed by atoms with Gasteiger partial charge in [0.25, 0.3) is 0 Å². The van der Waals surface area contributed by atoms with Crippen molar-refractivity contribution in [1.82, 2.24) is 4.90 Å². The Morgan fingerprint density at radius 2 is 2.14 bits per heavy atom. The summed E-state index contributed by atoms with van der Waals surface area (Å²) in [6.07, 6.45) is 0.115. The Labute approximate surface area is 131 Å². The highest BCUT2D eigenvalue weighted by Crippen LogP contribution is 2.07. The van der Waals surface area contributed by atoms with E-state index >= 15 is 0 Å². The molecule has 122 valence electrons. The molecule has 0 radical (unpaired) electrons. The number of benzene rings is 1. The van der Waals surface area contributed by atoms with E-state index in [4.69, 9.17) is 10.5 Å². The maximum atomic E-state index is 12.1. The van der Waals surface area contributed by atoms with Crippen molar-refractivity contribution in [2.24, 2.45) is 10.7 Å². The third-order valence-electron chi connectivity index (χ3n) is 3.47. The minimum Gasteiger partial charge on any atom is -0.375 e. The molecule has 1 saturated heterocycles. The highest BCUT2D eigenvalue weighted by molar-refractivity contribution is 7.90. The fourth-order valence-corrected chi connectivity index (χ4v) is 3.54. The largest absolute Gasteiger partial charge is 0.375 e. The number of nitrogens with zero attached hydrogens (tertiary/aromatic N) is 2. The van der Waals surface area contributed by atoms with Crippen molar-refractivity contribution in [2.75, 3.05) is 32.0 Å². The zero-order chi connectivity index (χ0) is 16.0. The predicted molar refractivity (Wildman–Crippen MR) is 87.4 cm³/mol. The van der Waals surface area contributed by atoms with E-state index in [0.29, 0.717) is 25.7 Å². The van der Waals surface area contributed by atoms with Gasteiger partial charge in [-0.15, -0.1) is 0 Å². The first-order valence-electron chi connectivity index (χ1n) is 7.37. The van der Waals surface area contributed by atoms with E-state index in [1.165, 1.54) is 0 Å². The van der Waals surface area contributed by atoms with Crippen LogP contribution in [0, 0.1) is 0 Å². The van der Waals surface area contributed by atoms with Gasteiger partial charge in [0, 0.05) is 13.1 Å². The Kier molecular flexibility index (Phi) is 5.79. The maximum absolute atomic E-state index is 12.1. The highest BCUT2D eigenvalue weighted by Gasteiger charge is 2.18. The van der Waals surface area contributed by atoms with Gasteiger partial charge < -0.3 is 15.4 Å². The molecule has 1 aromatic rings. The molecule has 22 heavy (non-hydrogen) atoms. The molecule has 6 nitrogen and oxygen atoms in total. The van der Waals surface area contributed by atoms with Crippen LogP contribution in [0.15, 0.2) is 35.3 Å². The van der Waals surface area contributed by atoms with E-state index in [0.717, 1.165) is 5.56 Å². The summed E-state index contributed by atoms with van der Waals surface area (Å²) in [5, 5.41) is 0. The molecule has 1 aromatic carbocycles. The van der Waals surface area contributed by atoms with Crippen LogP contribution in [-0.2, 0) is 20.3 Å². The smallest absolute Gasteiger partial charge is 0.191 e. The summed E-state index contributed by atoms with van der Waals surface area (Å²) < 4.78 is 29.6. The molecule has 1 atom stereocenters. The zero-order valence-corrected chi connectivity index (χ0v) is 13.6. The molecule has 0 spiro atoms. The van der Waals surface area contributed by atoms with Crippen LogP contribution in [0.25, 0.3) is 0 Å². The average Bonchev–Trinajstić information content (AvgIpc) is 2.47. The molecule has 2 N–H and O–H groups in total. The second kappa shape index (κ2) is 7.60. The van der Waals surface area contributed by atoms with Crippen molar-refractivity contribution in [1.29, 1.82) is 0 Å². The maximum Gasteiger partial charge on any atom is 0.191 e. The van der Waals surface area contributed by atoms with Crippen molar-refractivity contribution in [3.63, 3.8) is 0 Å². The molecule has 1 unspecified atom stereocenters. The summed E-state index contributed by atoms with van der Waals surface area (Å²) >= 11 is 0. The van der Waals surface area contributed by atoms with Crippen LogP contribution < -0.4 is 5.73 Å². The lowest BCUT2D eigenvalue weighted by molar-refractivity contribution is 0.00531. The number of guanidine groups is 1. The third-order valence-corrected chi connectivity index (χ3v) is 5.05. The first kappa shape index (κ1) is 16.8. The Bertz CT molecular complexity index is 602. The number of aliphatic imine (C=N–C) groups is 1. The number of nitrogens with two attached hydrogens (primary N) is 1. The van der Waals surface area contributed by atoms with Crippen molar-refractivity contribution in [3.8, 4) is 0 Å². The normalized spacial score (nSPS) is 20.1. The Balaban J connectivity index is 1.85. The number of hydrogen-bond acceptors (Lipinski definition) is 4. The minimum absolute atomic E-state index is 0.00247. The fraction of sp³-hybridized carbons (Fsp3) is 0.533. The number of rotatable bonds is 5. The minimum atomic E-state index is -3.18. The first-order valence-corrected chi connectivity index (χ1v) is 9.19. The van der Waals surface area contributed by atoms with Gasteiger partial charge in [-0.2, -0.15) is 0 Å². The topological polar surface area (TPSA) is 85.0 Å². The van der Waals surface area contributed by atoms with Gasteiger partial charge in [0.05, 0.1) is 30.8 Å². The molecule has 0 bridgehead atoms. The van der Waals surface area contributed by atoms with Crippen LogP contribution in [0.5, 0.6) is 0 Å². The summed E-state index contributed by atoms with van der Waals surface area (Å²) in [7, 11) is -3.18. The van der Waals surface area contributed by atoms with Crippen molar-refractivity contribution in [2.45, 2.75) is 18.8 Å². The molecule has 0 aliphatic carbocycles. The second-order valence-electron chi connectivity index (χ2n) is 5.44. The third kappa shape index (κ3) is 5.31. The van der Waals surface area contributed by atoms with Gasteiger partial charge >= 0.3 is 0 Å². The molecule has 2 rings (SSSR count). The van der Waals surface area contributed by atoms with Crippen LogP contribution in [0.4, 0.5) is 0 Å². The van der Waals surface area contributed by atoms with Gasteiger partial charge in [-0.25, -0.2) is 8.42 Å². The predicted octanol–water partition coefficient (Wildman–Crippen LogP) is 0.637. The Morgan fingerprint density at radius 1 is 1.41 bits per heavy atom. The summed E-state index contributed by atoms with van der Waals surface area (Å²) in [6, 6.07) is 9.15. The Hall–Kier alpha value is -1.60. The van der Waals surface area contributed by atoms with Crippen LogP contribution in [-0.4, -0.2) is 57.4 Å². The standard InChI is InChI=1S/C15H23N3O3S/c1-13-11-18(8-9-21-13)15(16)17-7-10-22(19,20)12-14-5-3-2-4-6-14/h2-6,13H,7-12H2,1H3,(H2,16,17). The van der Waals surface area contributed by atoms with Gasteiger partial charge in [-0.1, -0.05) is 30.3 Å². The summed E-state index contributed by atoms with van der Waals surface area (Å²) in [4.78, 5) is 6.12. The second-order valence-corrected chi connectivity index (χ2v) is 7.63. The molecule has 7 heteroatoms. The highest BCUT2D eigenvalue weighted by atomic mass is 32.2. The van der Waals surface area contributed by atoms with E-state index < -0.39 is 9.84 Å². The van der Waals surface area contributed by atoms with Crippen molar-refractivity contribution >= 4 is 15.8 Å². The van der Waals surface area contributed by atoms with Gasteiger partial charge in [-0.3, -0.25) is 4.99 Å². The molecule has 1 aliphatic heterocycles. The lowest BCUT2D eigenvalue weighted by Gasteiger charge is -2.31. The molecule has 0 aromatic heterocycles. The van der Waals surface area contributed by atoms with Gasteiger partial charge in [-0.05, 0) is 12.5 Å². The molecule has 1 heterocycles. The lowest BCUT2D eigenvalue weighted by atomic mass is 10.2. The van der Waals surface area contributed by atoms with E-state index in [-0.39, 0.29) is 24.2 Å². The van der Waals surface area contributed by atoms with Gasteiger partial charge in [0.15, 0.2) is 15.8 Å². The van der Waals surface area contributed by atoms with E-state index in [2.05, 4.69) is 4.99 Å². The summed E-state index contributed by atoms with van der Waals surface area (Å²) in [5.74, 6) is 0.436. The van der Waals surface area contributed by atoms with Crippen LogP contribution in [0.3, 0.4) is 0 Å². The van der Waals surface area contributed by atoms with Crippen molar-refractivity contribution in [3.05, 3.63) is 35.9 Å².